The number of ether oxygens (including phenoxy) is 1. The highest BCUT2D eigenvalue weighted by Crippen LogP contribution is 2.22. The van der Waals surface area contributed by atoms with Gasteiger partial charge in [-0.15, -0.1) is 11.3 Å². The fourth-order valence-corrected chi connectivity index (χ4v) is 3.03. The van der Waals surface area contributed by atoms with Crippen LogP contribution in [0.3, 0.4) is 0 Å². The molecule has 6 nitrogen and oxygen atoms in total. The van der Waals surface area contributed by atoms with Crippen molar-refractivity contribution in [3.05, 3.63) is 70.7 Å². The lowest BCUT2D eigenvalue weighted by atomic mass is 10.3. The van der Waals surface area contributed by atoms with Crippen LogP contribution in [0, 0.1) is 0 Å². The summed E-state index contributed by atoms with van der Waals surface area (Å²) in [6, 6.07) is 16.4. The lowest BCUT2D eigenvalue weighted by Gasteiger charge is -2.07. The van der Waals surface area contributed by atoms with Gasteiger partial charge in [0.25, 0.3) is 0 Å². The fourth-order valence-electron chi connectivity index (χ4n) is 2.23. The third-order valence-electron chi connectivity index (χ3n) is 3.35. The number of carboxylic acid groups (broad SMARTS) is 1. The number of aromatic nitrogens is 1. The average molecular weight is 367 g/mol. The molecule has 3 aromatic rings. The Morgan fingerprint density at radius 1 is 1.00 bits per heavy atom. The minimum atomic E-state index is -1.19. The molecule has 0 aliphatic rings. The van der Waals surface area contributed by atoms with Crippen LogP contribution in [0.1, 0.15) is 10.7 Å². The number of amides is 1. The first-order valence-corrected chi connectivity index (χ1v) is 8.72. The first-order chi connectivity index (χ1) is 12.6. The fraction of sp³-hybridized carbons (Fsp3) is 0.105. The largest absolute Gasteiger partial charge is 0.550 e. The average Bonchev–Trinajstić information content (AvgIpc) is 3.03. The van der Waals surface area contributed by atoms with Crippen LogP contribution in [0.5, 0.6) is 11.5 Å². The Morgan fingerprint density at radius 3 is 2.38 bits per heavy atom. The minimum absolute atomic E-state index is 0.0833. The standard InChI is InChI=1S/C19H16N2O4S/c22-17(11-18-21-14(12-26-18)10-19(23)24)20-13-6-8-16(9-7-13)25-15-4-2-1-3-5-15/h1-9,12H,10-11H2,(H,20,22)(H,23,24)/p-1. The number of carbonyl (C=O) groups is 2. The van der Waals surface area contributed by atoms with Gasteiger partial charge in [0, 0.05) is 23.5 Å². The molecule has 1 amide bonds. The lowest BCUT2D eigenvalue weighted by molar-refractivity contribution is -0.304. The van der Waals surface area contributed by atoms with Gasteiger partial charge in [0.15, 0.2) is 0 Å². The second-order valence-corrected chi connectivity index (χ2v) is 6.39. The number of thiazole rings is 1. The van der Waals surface area contributed by atoms with Crippen molar-refractivity contribution in [3.63, 3.8) is 0 Å². The Labute approximate surface area is 154 Å². The van der Waals surface area contributed by atoms with Gasteiger partial charge in [-0.2, -0.15) is 0 Å². The molecule has 0 radical (unpaired) electrons. The monoisotopic (exact) mass is 367 g/mol. The van der Waals surface area contributed by atoms with Gasteiger partial charge in [-0.1, -0.05) is 18.2 Å². The van der Waals surface area contributed by atoms with Crippen molar-refractivity contribution >= 4 is 28.9 Å². The van der Waals surface area contributed by atoms with E-state index in [2.05, 4.69) is 10.3 Å². The van der Waals surface area contributed by atoms with E-state index in [-0.39, 0.29) is 18.7 Å². The molecule has 0 atom stereocenters. The molecule has 0 spiro atoms. The predicted octanol–water partition coefficient (Wildman–Crippen LogP) is 2.41. The van der Waals surface area contributed by atoms with Crippen LogP contribution in [-0.2, 0) is 22.4 Å². The zero-order valence-corrected chi connectivity index (χ0v) is 14.5. The van der Waals surface area contributed by atoms with Gasteiger partial charge in [-0.05, 0) is 36.4 Å². The van der Waals surface area contributed by atoms with Crippen molar-refractivity contribution in [1.29, 1.82) is 0 Å². The Bertz CT molecular complexity index is 891. The number of hydrogen-bond donors (Lipinski definition) is 1. The molecule has 0 saturated carbocycles. The smallest absolute Gasteiger partial charge is 0.231 e. The SMILES string of the molecule is O=C([O-])Cc1csc(CC(=O)Nc2ccc(Oc3ccccc3)cc2)n1. The number of hydrogen-bond acceptors (Lipinski definition) is 6. The second-order valence-electron chi connectivity index (χ2n) is 5.45. The predicted molar refractivity (Wildman–Crippen MR) is 96.1 cm³/mol. The van der Waals surface area contributed by atoms with Crippen molar-refractivity contribution in [2.45, 2.75) is 12.8 Å². The molecule has 0 unspecified atom stereocenters. The maximum absolute atomic E-state index is 12.1. The van der Waals surface area contributed by atoms with Crippen molar-refractivity contribution in [1.82, 2.24) is 4.98 Å². The molecule has 0 fully saturated rings. The molecule has 0 bridgehead atoms. The molecule has 0 aliphatic heterocycles. The lowest BCUT2D eigenvalue weighted by Crippen LogP contribution is -2.24. The summed E-state index contributed by atoms with van der Waals surface area (Å²) in [6.45, 7) is 0. The number of benzene rings is 2. The summed E-state index contributed by atoms with van der Waals surface area (Å²) in [4.78, 5) is 26.7. The summed E-state index contributed by atoms with van der Waals surface area (Å²) in [5.41, 5.74) is 1.04. The molecule has 3 rings (SSSR count). The van der Waals surface area contributed by atoms with Crippen molar-refractivity contribution in [2.24, 2.45) is 0 Å². The van der Waals surface area contributed by atoms with Crippen LogP contribution in [0.2, 0.25) is 0 Å². The van der Waals surface area contributed by atoms with Crippen LogP contribution in [-0.4, -0.2) is 16.9 Å². The summed E-state index contributed by atoms with van der Waals surface area (Å²) in [6.07, 6.45) is -0.166. The van der Waals surface area contributed by atoms with Gasteiger partial charge in [0.1, 0.15) is 16.5 Å². The molecule has 132 valence electrons. The minimum Gasteiger partial charge on any atom is -0.550 e. The summed E-state index contributed by atoms with van der Waals surface area (Å²) in [7, 11) is 0. The van der Waals surface area contributed by atoms with E-state index in [1.807, 2.05) is 30.3 Å². The van der Waals surface area contributed by atoms with Crippen LogP contribution in [0.15, 0.2) is 60.0 Å². The zero-order chi connectivity index (χ0) is 18.4. The highest BCUT2D eigenvalue weighted by molar-refractivity contribution is 7.09. The molecule has 1 N–H and O–H groups in total. The first-order valence-electron chi connectivity index (χ1n) is 7.84. The van der Waals surface area contributed by atoms with Crippen molar-refractivity contribution in [2.75, 3.05) is 5.32 Å². The first kappa shape index (κ1) is 17.6. The molecule has 1 aromatic heterocycles. The van der Waals surface area contributed by atoms with E-state index in [0.29, 0.717) is 22.1 Å². The molecular weight excluding hydrogens is 352 g/mol. The van der Waals surface area contributed by atoms with E-state index in [0.717, 1.165) is 5.75 Å². The van der Waals surface area contributed by atoms with E-state index in [1.165, 1.54) is 11.3 Å². The number of nitrogens with zero attached hydrogens (tertiary/aromatic N) is 1. The van der Waals surface area contributed by atoms with E-state index in [4.69, 9.17) is 4.74 Å². The topological polar surface area (TPSA) is 91.3 Å². The number of para-hydroxylation sites is 1. The maximum Gasteiger partial charge on any atom is 0.231 e. The third-order valence-corrected chi connectivity index (χ3v) is 4.25. The molecule has 7 heteroatoms. The van der Waals surface area contributed by atoms with Gasteiger partial charge in [0.05, 0.1) is 12.1 Å². The van der Waals surface area contributed by atoms with Crippen LogP contribution < -0.4 is 15.2 Å². The van der Waals surface area contributed by atoms with Gasteiger partial charge in [0.2, 0.25) is 5.91 Å². The summed E-state index contributed by atoms with van der Waals surface area (Å²) in [5, 5.41) is 15.5. The van der Waals surface area contributed by atoms with Crippen LogP contribution in [0.25, 0.3) is 0 Å². The number of aliphatic carboxylic acids is 1. The summed E-state index contributed by atoms with van der Waals surface area (Å²) >= 11 is 1.25. The van der Waals surface area contributed by atoms with E-state index in [9.17, 15) is 14.7 Å². The number of nitrogens with one attached hydrogen (secondary N) is 1. The van der Waals surface area contributed by atoms with Gasteiger partial charge >= 0.3 is 0 Å². The molecule has 1 heterocycles. The number of anilines is 1. The van der Waals surface area contributed by atoms with Gasteiger partial charge in [-0.3, -0.25) is 4.79 Å². The van der Waals surface area contributed by atoms with E-state index < -0.39 is 5.97 Å². The normalized spacial score (nSPS) is 10.3. The number of carbonyl (C=O) groups excluding carboxylic acids is 2. The number of carboxylic acids is 1. The molecular formula is C19H15N2O4S-. The highest BCUT2D eigenvalue weighted by Gasteiger charge is 2.09. The molecule has 2 aromatic carbocycles. The van der Waals surface area contributed by atoms with Gasteiger partial charge < -0.3 is 20.0 Å². The Hall–Kier alpha value is -3.19. The molecule has 26 heavy (non-hydrogen) atoms. The summed E-state index contributed by atoms with van der Waals surface area (Å²) in [5.74, 6) is -0.0124. The molecule has 0 saturated heterocycles. The highest BCUT2D eigenvalue weighted by atomic mass is 32.1. The van der Waals surface area contributed by atoms with Crippen molar-refractivity contribution < 1.29 is 19.4 Å². The zero-order valence-electron chi connectivity index (χ0n) is 13.7. The number of rotatable bonds is 7. The Morgan fingerprint density at radius 2 is 1.69 bits per heavy atom. The Kier molecular flexibility index (Phi) is 5.60. The molecule has 0 aliphatic carbocycles. The van der Waals surface area contributed by atoms with E-state index in [1.54, 1.807) is 29.6 Å². The second kappa shape index (κ2) is 8.26. The third kappa shape index (κ3) is 5.15. The van der Waals surface area contributed by atoms with Gasteiger partial charge in [-0.25, -0.2) is 4.98 Å². The van der Waals surface area contributed by atoms with Crippen molar-refractivity contribution in [3.8, 4) is 11.5 Å². The quantitative estimate of drug-likeness (QED) is 0.692. The van der Waals surface area contributed by atoms with Crippen LogP contribution in [0.4, 0.5) is 5.69 Å². The van der Waals surface area contributed by atoms with Crippen LogP contribution >= 0.6 is 11.3 Å². The van der Waals surface area contributed by atoms with E-state index >= 15 is 0 Å². The maximum atomic E-state index is 12.1. The Balaban J connectivity index is 1.54. The summed E-state index contributed by atoms with van der Waals surface area (Å²) < 4.78 is 5.69.